The molecule has 0 unspecified atom stereocenters. The van der Waals surface area contributed by atoms with Gasteiger partial charge in [0.15, 0.2) is 17.0 Å². The van der Waals surface area contributed by atoms with Gasteiger partial charge in [-0.3, -0.25) is 19.4 Å². The van der Waals surface area contributed by atoms with E-state index in [4.69, 9.17) is 16.3 Å². The van der Waals surface area contributed by atoms with Gasteiger partial charge in [0.2, 0.25) is 5.16 Å². The minimum atomic E-state index is -0.441. The first-order valence-electron chi connectivity index (χ1n) is 10.1. The molecule has 0 amide bonds. The Bertz CT molecular complexity index is 1340. The summed E-state index contributed by atoms with van der Waals surface area (Å²) in [7, 11) is 1.76. The zero-order valence-electron chi connectivity index (χ0n) is 17.6. The molecule has 0 aliphatic carbocycles. The van der Waals surface area contributed by atoms with Crippen LogP contribution in [-0.2, 0) is 26.0 Å². The van der Waals surface area contributed by atoms with Crippen LogP contribution in [0.25, 0.3) is 11.2 Å². The third-order valence-electron chi connectivity index (χ3n) is 4.87. The highest BCUT2D eigenvalue weighted by atomic mass is 35.5. The van der Waals surface area contributed by atoms with Crippen LogP contribution in [0, 0.1) is 0 Å². The predicted octanol–water partition coefficient (Wildman–Crippen LogP) is 2.87. The van der Waals surface area contributed by atoms with Crippen LogP contribution in [-0.4, -0.2) is 34.3 Å². The molecule has 0 aliphatic rings. The third kappa shape index (κ3) is 4.73. The molecule has 0 radical (unpaired) electrons. The van der Waals surface area contributed by atoms with E-state index >= 15 is 0 Å². The predicted molar refractivity (Wildman–Crippen MR) is 122 cm³/mol. The van der Waals surface area contributed by atoms with Gasteiger partial charge in [-0.1, -0.05) is 36.7 Å². The Morgan fingerprint density at radius 3 is 2.72 bits per heavy atom. The minimum Gasteiger partial charge on any atom is -0.486 e. The van der Waals surface area contributed by atoms with Crippen molar-refractivity contribution in [3.05, 3.63) is 61.8 Å². The number of aryl methyl sites for hydroxylation is 2. The van der Waals surface area contributed by atoms with Crippen LogP contribution in [0.4, 0.5) is 0 Å². The second-order valence-corrected chi connectivity index (χ2v) is 8.50. The molecule has 4 rings (SSSR count). The van der Waals surface area contributed by atoms with Gasteiger partial charge in [-0.15, -0.1) is 5.10 Å². The Hall–Kier alpha value is -3.05. The van der Waals surface area contributed by atoms with Gasteiger partial charge in [0.25, 0.3) is 5.56 Å². The molecule has 4 aromatic rings. The standard InChI is InChI=1S/C20H22ClN7O3S/c1-3-4-9-28-17-16(18(29)24-20(28)30)27(2)15(23-17)11-32-19-22-14(25-26-19)10-31-13-7-5-12(21)6-8-13/h5-8H,3-4,9-11H2,1-2H3,(H,22,25,26)(H,24,29,30). The summed E-state index contributed by atoms with van der Waals surface area (Å²) in [6.07, 6.45) is 1.75. The number of benzene rings is 1. The normalized spacial score (nSPS) is 11.3. The SMILES string of the molecule is CCCCn1c(=O)[nH]c(=O)c2c1nc(CSc1n[nH]c(COc3ccc(Cl)cc3)n1)n2C. The van der Waals surface area contributed by atoms with Crippen molar-refractivity contribution in [3.8, 4) is 5.75 Å². The fourth-order valence-electron chi connectivity index (χ4n) is 3.16. The lowest BCUT2D eigenvalue weighted by molar-refractivity contribution is 0.296. The first kappa shape index (κ1) is 22.2. The lowest BCUT2D eigenvalue weighted by Crippen LogP contribution is -2.31. The zero-order valence-corrected chi connectivity index (χ0v) is 19.2. The van der Waals surface area contributed by atoms with Gasteiger partial charge in [0.1, 0.15) is 18.2 Å². The number of aromatic amines is 2. The van der Waals surface area contributed by atoms with E-state index in [1.807, 2.05) is 6.92 Å². The van der Waals surface area contributed by atoms with Crippen molar-refractivity contribution < 1.29 is 4.74 Å². The fourth-order valence-corrected chi connectivity index (χ4v) is 4.09. The van der Waals surface area contributed by atoms with Gasteiger partial charge >= 0.3 is 5.69 Å². The van der Waals surface area contributed by atoms with E-state index in [9.17, 15) is 9.59 Å². The summed E-state index contributed by atoms with van der Waals surface area (Å²) in [6, 6.07) is 7.06. The number of fused-ring (bicyclic) bond motifs is 1. The molecule has 0 spiro atoms. The molecule has 0 atom stereocenters. The van der Waals surface area contributed by atoms with Crippen LogP contribution >= 0.6 is 23.4 Å². The summed E-state index contributed by atoms with van der Waals surface area (Å²) < 4.78 is 8.89. The fraction of sp³-hybridized carbons (Fsp3) is 0.350. The minimum absolute atomic E-state index is 0.237. The highest BCUT2D eigenvalue weighted by molar-refractivity contribution is 7.98. The van der Waals surface area contributed by atoms with Crippen LogP contribution in [0.3, 0.4) is 0 Å². The van der Waals surface area contributed by atoms with Crippen molar-refractivity contribution >= 4 is 34.5 Å². The first-order valence-corrected chi connectivity index (χ1v) is 11.4. The summed E-state index contributed by atoms with van der Waals surface area (Å²) >= 11 is 7.24. The van der Waals surface area contributed by atoms with E-state index in [2.05, 4.69) is 25.1 Å². The first-order chi connectivity index (χ1) is 15.5. The van der Waals surface area contributed by atoms with Crippen LogP contribution in [0.1, 0.15) is 31.4 Å². The number of imidazole rings is 1. The average molecular weight is 476 g/mol. The lowest BCUT2D eigenvalue weighted by atomic mass is 10.3. The number of hydrogen-bond donors (Lipinski definition) is 2. The van der Waals surface area contributed by atoms with Crippen LogP contribution in [0.5, 0.6) is 5.75 Å². The molecule has 0 saturated carbocycles. The molecular formula is C20H22ClN7O3S. The summed E-state index contributed by atoms with van der Waals surface area (Å²) in [5, 5.41) is 8.22. The molecule has 168 valence electrons. The molecular weight excluding hydrogens is 454 g/mol. The number of unbranched alkanes of at least 4 members (excludes halogenated alkanes) is 1. The molecule has 3 aromatic heterocycles. The number of thioether (sulfide) groups is 1. The number of hydrogen-bond acceptors (Lipinski definition) is 7. The van der Waals surface area contributed by atoms with E-state index in [1.54, 1.807) is 35.9 Å². The van der Waals surface area contributed by atoms with Crippen molar-refractivity contribution in [2.24, 2.45) is 7.05 Å². The topological polar surface area (TPSA) is 123 Å². The van der Waals surface area contributed by atoms with Gasteiger partial charge < -0.3 is 9.30 Å². The smallest absolute Gasteiger partial charge is 0.330 e. The maximum absolute atomic E-state index is 12.4. The molecule has 0 fully saturated rings. The highest BCUT2D eigenvalue weighted by Crippen LogP contribution is 2.21. The van der Waals surface area contributed by atoms with E-state index in [0.29, 0.717) is 51.0 Å². The van der Waals surface area contributed by atoms with E-state index in [1.165, 1.54) is 16.3 Å². The number of rotatable bonds is 9. The molecule has 0 aliphatic heterocycles. The summed E-state index contributed by atoms with van der Waals surface area (Å²) in [5.41, 5.74) is -0.100. The van der Waals surface area contributed by atoms with Crippen molar-refractivity contribution in [3.63, 3.8) is 0 Å². The Morgan fingerprint density at radius 2 is 1.97 bits per heavy atom. The van der Waals surface area contributed by atoms with E-state index in [-0.39, 0.29) is 6.61 Å². The highest BCUT2D eigenvalue weighted by Gasteiger charge is 2.17. The Kier molecular flexibility index (Phi) is 6.66. The van der Waals surface area contributed by atoms with Crippen molar-refractivity contribution in [1.29, 1.82) is 0 Å². The van der Waals surface area contributed by atoms with Gasteiger partial charge in [0.05, 0.1) is 5.75 Å². The largest absolute Gasteiger partial charge is 0.486 e. The molecule has 12 heteroatoms. The molecule has 2 N–H and O–H groups in total. The zero-order chi connectivity index (χ0) is 22.7. The summed E-state index contributed by atoms with van der Waals surface area (Å²) in [4.78, 5) is 36.0. The second kappa shape index (κ2) is 9.61. The van der Waals surface area contributed by atoms with Gasteiger partial charge in [-0.2, -0.15) is 0 Å². The summed E-state index contributed by atoms with van der Waals surface area (Å²) in [5.74, 6) is 2.34. The maximum Gasteiger partial charge on any atom is 0.330 e. The number of nitrogens with one attached hydrogen (secondary N) is 2. The Morgan fingerprint density at radius 1 is 1.19 bits per heavy atom. The number of nitrogens with zero attached hydrogens (tertiary/aromatic N) is 5. The molecule has 1 aromatic carbocycles. The van der Waals surface area contributed by atoms with Crippen molar-refractivity contribution in [1.82, 2.24) is 34.3 Å². The van der Waals surface area contributed by atoms with Gasteiger partial charge in [-0.25, -0.2) is 14.8 Å². The van der Waals surface area contributed by atoms with Crippen LogP contribution in [0.2, 0.25) is 5.02 Å². The van der Waals surface area contributed by atoms with Crippen LogP contribution < -0.4 is 16.0 Å². The van der Waals surface area contributed by atoms with Crippen molar-refractivity contribution in [2.45, 2.75) is 43.8 Å². The number of ether oxygens (including phenoxy) is 1. The van der Waals surface area contributed by atoms with Crippen LogP contribution in [0.15, 0.2) is 39.0 Å². The Labute approximate surface area is 192 Å². The lowest BCUT2D eigenvalue weighted by Gasteiger charge is -2.04. The third-order valence-corrected chi connectivity index (χ3v) is 5.97. The van der Waals surface area contributed by atoms with E-state index < -0.39 is 11.2 Å². The average Bonchev–Trinajstić information content (AvgIpc) is 3.36. The van der Waals surface area contributed by atoms with Gasteiger partial charge in [-0.05, 0) is 30.7 Å². The molecule has 0 saturated heterocycles. The number of halogens is 1. The molecule has 32 heavy (non-hydrogen) atoms. The quantitative estimate of drug-likeness (QED) is 0.357. The second-order valence-electron chi connectivity index (χ2n) is 7.12. The molecule has 3 heterocycles. The van der Waals surface area contributed by atoms with Crippen molar-refractivity contribution in [2.75, 3.05) is 0 Å². The number of aromatic nitrogens is 7. The number of H-pyrrole nitrogens is 2. The summed E-state index contributed by atoms with van der Waals surface area (Å²) in [6.45, 7) is 2.78. The van der Waals surface area contributed by atoms with Gasteiger partial charge in [0, 0.05) is 18.6 Å². The Balaban J connectivity index is 1.47. The van der Waals surface area contributed by atoms with E-state index in [0.717, 1.165) is 12.8 Å². The molecule has 10 nitrogen and oxygen atoms in total. The maximum atomic E-state index is 12.4. The monoisotopic (exact) mass is 475 g/mol. The molecule has 0 bridgehead atoms.